The van der Waals surface area contributed by atoms with Gasteiger partial charge in [0, 0.05) is 51.9 Å². The van der Waals surface area contributed by atoms with E-state index in [2.05, 4.69) is 22.5 Å². The molecule has 3 rings (SSSR count). The third-order valence-corrected chi connectivity index (χ3v) is 8.37. The lowest BCUT2D eigenvalue weighted by Gasteiger charge is -2.36. The first-order valence-corrected chi connectivity index (χ1v) is 14.0. The third-order valence-electron chi connectivity index (χ3n) is 7.06. The molecule has 3 fully saturated rings. The molecular weight excluding hydrogens is 525 g/mol. The van der Waals surface area contributed by atoms with Crippen LogP contribution in [0.15, 0.2) is 4.99 Å². The number of piperidine rings is 2. The first-order valence-electron chi connectivity index (χ1n) is 12.2. The predicted molar refractivity (Wildman–Crippen MR) is 140 cm³/mol. The Morgan fingerprint density at radius 2 is 1.58 bits per heavy atom. The number of likely N-dealkylation sites (tertiary alicyclic amines) is 1. The largest absolute Gasteiger partial charge is 0.357 e. The van der Waals surface area contributed by atoms with E-state index in [4.69, 9.17) is 4.99 Å². The zero-order valence-corrected chi connectivity index (χ0v) is 22.7. The monoisotopic (exact) mass is 569 g/mol. The predicted octanol–water partition coefficient (Wildman–Crippen LogP) is 2.88. The topological polar surface area (TPSA) is 77.0 Å². The molecule has 1 aliphatic carbocycles. The molecule has 2 heterocycles. The minimum Gasteiger partial charge on any atom is -0.357 e. The molecule has 3 aliphatic rings. The SMILES string of the molecule is CCNC(=NCC1CCN(S(C)(=O)=O)CC1)NC1CCN(CC2CCCCC2)CC1.I. The quantitative estimate of drug-likeness (QED) is 0.280. The number of nitrogens with zero attached hydrogens (tertiary/aromatic N) is 3. The van der Waals surface area contributed by atoms with E-state index in [9.17, 15) is 8.42 Å². The van der Waals surface area contributed by atoms with E-state index in [1.165, 1.54) is 70.8 Å². The number of guanidine groups is 1. The minimum absolute atomic E-state index is 0. The number of hydrogen-bond acceptors (Lipinski definition) is 4. The van der Waals surface area contributed by atoms with Crippen molar-refractivity contribution in [3.8, 4) is 0 Å². The van der Waals surface area contributed by atoms with Crippen LogP contribution in [0.2, 0.25) is 0 Å². The highest BCUT2D eigenvalue weighted by molar-refractivity contribution is 14.0. The van der Waals surface area contributed by atoms with Crippen LogP contribution in [0.3, 0.4) is 0 Å². The van der Waals surface area contributed by atoms with Crippen molar-refractivity contribution in [3.05, 3.63) is 0 Å². The van der Waals surface area contributed by atoms with Gasteiger partial charge in [-0.2, -0.15) is 0 Å². The number of aliphatic imine (C=N–C) groups is 1. The summed E-state index contributed by atoms with van der Waals surface area (Å²) in [7, 11) is -3.05. The standard InChI is InChI=1S/C22H43N5O2S.HI/c1-3-23-22(24-17-19-9-15-27(16-10-19)30(2,28)29)25-21-11-13-26(14-12-21)18-20-7-5-4-6-8-20;/h19-21H,3-18H2,1-2H3,(H2,23,24,25);1H. The van der Waals surface area contributed by atoms with Gasteiger partial charge in [-0.3, -0.25) is 4.99 Å². The Kier molecular flexibility index (Phi) is 11.8. The first kappa shape index (κ1) is 27.1. The normalized spacial score (nSPS) is 24.0. The van der Waals surface area contributed by atoms with Gasteiger partial charge >= 0.3 is 0 Å². The molecule has 0 atom stereocenters. The molecule has 0 amide bonds. The Balaban J connectivity index is 0.00000341. The van der Waals surface area contributed by atoms with Gasteiger partial charge in [-0.05, 0) is 57.3 Å². The fourth-order valence-corrected chi connectivity index (χ4v) is 6.03. The smallest absolute Gasteiger partial charge is 0.211 e. The summed E-state index contributed by atoms with van der Waals surface area (Å²) in [5.41, 5.74) is 0. The Morgan fingerprint density at radius 3 is 2.16 bits per heavy atom. The molecule has 0 radical (unpaired) electrons. The van der Waals surface area contributed by atoms with E-state index in [1.807, 2.05) is 0 Å². The summed E-state index contributed by atoms with van der Waals surface area (Å²) in [5.74, 6) is 2.32. The van der Waals surface area contributed by atoms with Crippen LogP contribution in [0.25, 0.3) is 0 Å². The van der Waals surface area contributed by atoms with Crippen LogP contribution in [0.5, 0.6) is 0 Å². The molecule has 2 aliphatic heterocycles. The van der Waals surface area contributed by atoms with Crippen LogP contribution < -0.4 is 10.6 Å². The van der Waals surface area contributed by atoms with E-state index in [1.54, 1.807) is 4.31 Å². The minimum atomic E-state index is -3.05. The third kappa shape index (κ3) is 9.33. The summed E-state index contributed by atoms with van der Waals surface area (Å²) in [6, 6.07) is 0.498. The van der Waals surface area contributed by atoms with Gasteiger partial charge in [-0.15, -0.1) is 24.0 Å². The number of halogens is 1. The van der Waals surface area contributed by atoms with Gasteiger partial charge in [0.1, 0.15) is 0 Å². The van der Waals surface area contributed by atoms with Gasteiger partial charge < -0.3 is 15.5 Å². The second-order valence-corrected chi connectivity index (χ2v) is 11.5. The van der Waals surface area contributed by atoms with Crippen molar-refractivity contribution in [3.63, 3.8) is 0 Å². The van der Waals surface area contributed by atoms with E-state index < -0.39 is 10.0 Å². The highest BCUT2D eigenvalue weighted by atomic mass is 127. The lowest BCUT2D eigenvalue weighted by Crippen LogP contribution is -2.49. The van der Waals surface area contributed by atoms with Crippen molar-refractivity contribution >= 4 is 40.0 Å². The molecule has 0 spiro atoms. The zero-order chi connectivity index (χ0) is 21.4. The van der Waals surface area contributed by atoms with Crippen LogP contribution >= 0.6 is 24.0 Å². The fourth-order valence-electron chi connectivity index (χ4n) is 5.15. The maximum absolute atomic E-state index is 11.7. The van der Waals surface area contributed by atoms with Crippen LogP contribution in [0.4, 0.5) is 0 Å². The maximum Gasteiger partial charge on any atom is 0.211 e. The van der Waals surface area contributed by atoms with Crippen LogP contribution in [0, 0.1) is 11.8 Å². The van der Waals surface area contributed by atoms with Gasteiger partial charge in [0.2, 0.25) is 10.0 Å². The zero-order valence-electron chi connectivity index (χ0n) is 19.5. The molecule has 7 nitrogen and oxygen atoms in total. The lowest BCUT2D eigenvalue weighted by atomic mass is 9.88. The maximum atomic E-state index is 11.7. The van der Waals surface area contributed by atoms with E-state index in [0.29, 0.717) is 25.0 Å². The second kappa shape index (κ2) is 13.5. The number of rotatable bonds is 7. The molecule has 0 unspecified atom stereocenters. The molecular formula is C22H44IN5O2S. The summed E-state index contributed by atoms with van der Waals surface area (Å²) in [5, 5.41) is 7.06. The van der Waals surface area contributed by atoms with Gasteiger partial charge in [0.15, 0.2) is 5.96 Å². The average molecular weight is 570 g/mol. The number of hydrogen-bond donors (Lipinski definition) is 2. The van der Waals surface area contributed by atoms with Crippen molar-refractivity contribution in [2.75, 3.05) is 52.1 Å². The molecule has 1 saturated carbocycles. The molecule has 0 aromatic rings. The molecule has 2 saturated heterocycles. The van der Waals surface area contributed by atoms with E-state index in [-0.39, 0.29) is 24.0 Å². The summed E-state index contributed by atoms with van der Waals surface area (Å²) in [6.07, 6.45) is 12.6. The second-order valence-electron chi connectivity index (χ2n) is 9.55. The Hall–Kier alpha value is -0.130. The average Bonchev–Trinajstić information content (AvgIpc) is 2.74. The van der Waals surface area contributed by atoms with Crippen LogP contribution in [-0.4, -0.2) is 81.7 Å². The Labute approximate surface area is 207 Å². The van der Waals surface area contributed by atoms with Gasteiger partial charge in [0.25, 0.3) is 0 Å². The lowest BCUT2D eigenvalue weighted by molar-refractivity contribution is 0.160. The van der Waals surface area contributed by atoms with E-state index >= 15 is 0 Å². The summed E-state index contributed by atoms with van der Waals surface area (Å²) >= 11 is 0. The summed E-state index contributed by atoms with van der Waals surface area (Å²) in [6.45, 7) is 8.67. The van der Waals surface area contributed by atoms with Crippen molar-refractivity contribution < 1.29 is 8.42 Å². The van der Waals surface area contributed by atoms with Crippen LogP contribution in [0.1, 0.15) is 64.7 Å². The van der Waals surface area contributed by atoms with Gasteiger partial charge in [-0.1, -0.05) is 19.3 Å². The number of nitrogens with one attached hydrogen (secondary N) is 2. The Morgan fingerprint density at radius 1 is 0.935 bits per heavy atom. The van der Waals surface area contributed by atoms with Crippen molar-refractivity contribution in [2.45, 2.75) is 70.8 Å². The van der Waals surface area contributed by atoms with Gasteiger partial charge in [0.05, 0.1) is 6.26 Å². The fraction of sp³-hybridized carbons (Fsp3) is 0.955. The highest BCUT2D eigenvalue weighted by Crippen LogP contribution is 2.25. The molecule has 0 aromatic carbocycles. The molecule has 31 heavy (non-hydrogen) atoms. The van der Waals surface area contributed by atoms with Crippen molar-refractivity contribution in [2.24, 2.45) is 16.8 Å². The van der Waals surface area contributed by atoms with E-state index in [0.717, 1.165) is 37.8 Å². The summed E-state index contributed by atoms with van der Waals surface area (Å²) in [4.78, 5) is 7.52. The van der Waals surface area contributed by atoms with Crippen LogP contribution in [-0.2, 0) is 10.0 Å². The molecule has 0 aromatic heterocycles. The number of sulfonamides is 1. The molecule has 2 N–H and O–H groups in total. The molecule has 9 heteroatoms. The summed E-state index contributed by atoms with van der Waals surface area (Å²) < 4.78 is 24.9. The van der Waals surface area contributed by atoms with Crippen molar-refractivity contribution in [1.29, 1.82) is 0 Å². The molecule has 182 valence electrons. The Bertz CT molecular complexity index is 638. The van der Waals surface area contributed by atoms with Gasteiger partial charge in [-0.25, -0.2) is 12.7 Å². The highest BCUT2D eigenvalue weighted by Gasteiger charge is 2.26. The van der Waals surface area contributed by atoms with Crippen molar-refractivity contribution in [1.82, 2.24) is 19.8 Å². The molecule has 0 bridgehead atoms. The first-order chi connectivity index (χ1) is 14.4.